The summed E-state index contributed by atoms with van der Waals surface area (Å²) >= 11 is 0. The van der Waals surface area contributed by atoms with E-state index in [4.69, 9.17) is 9.47 Å². The van der Waals surface area contributed by atoms with Crippen LogP contribution in [0.1, 0.15) is 48.9 Å². The van der Waals surface area contributed by atoms with Crippen molar-refractivity contribution in [3.8, 4) is 34.8 Å². The lowest BCUT2D eigenvalue weighted by Gasteiger charge is -2.42. The first-order valence-corrected chi connectivity index (χ1v) is 16.7. The predicted molar refractivity (Wildman–Crippen MR) is 176 cm³/mol. The van der Waals surface area contributed by atoms with Gasteiger partial charge in [0.2, 0.25) is 0 Å². The third kappa shape index (κ3) is 6.45. The largest absolute Gasteiger partial charge is 0.394 e. The van der Waals surface area contributed by atoms with Crippen LogP contribution in [0.5, 0.6) is 0 Å². The van der Waals surface area contributed by atoms with Crippen molar-refractivity contribution < 1.29 is 60.2 Å². The fourth-order valence-electron chi connectivity index (χ4n) is 7.42. The fourth-order valence-corrected chi connectivity index (χ4v) is 7.42. The molecule has 10 atom stereocenters. The van der Waals surface area contributed by atoms with Crippen molar-refractivity contribution in [3.63, 3.8) is 0 Å². The minimum atomic E-state index is -1.55. The summed E-state index contributed by atoms with van der Waals surface area (Å²) in [5.41, 5.74) is 2.89. The Bertz CT molecular complexity index is 1620. The molecule has 0 unspecified atom stereocenters. The quantitative estimate of drug-likeness (QED) is 0.156. The number of benzene rings is 2. The standard InChI is InChI=1S/C37H43NO12/c1-36(2,48)35(47)38-13-11-37(12-14-38)23-15-19(5-9-25-29(41)33(45)31(43)27(17-39)49-25)3-7-21(23)22-8-4-20(16-24(22)37)6-10-26-30(42)34(46)32(44)28(18-40)50-26/h3-4,7-8,15-16,25-34,39-46,48H,11-14,17-18H2,1-2H3/t25-,26-,27-,28-,29+,30+,31-,32-,33-,34-/m1/s1. The van der Waals surface area contributed by atoms with Crippen LogP contribution >= 0.6 is 0 Å². The fraction of sp³-hybridized carbons (Fsp3) is 0.541. The Labute approximate surface area is 289 Å². The number of nitrogens with zero attached hydrogens (tertiary/aromatic N) is 1. The Balaban J connectivity index is 1.35. The van der Waals surface area contributed by atoms with Crippen LogP contribution < -0.4 is 0 Å². The van der Waals surface area contributed by atoms with Gasteiger partial charge >= 0.3 is 0 Å². The summed E-state index contributed by atoms with van der Waals surface area (Å²) in [5, 5.41) is 91.1. The number of hydrogen-bond acceptors (Lipinski definition) is 12. The molecule has 0 aromatic heterocycles. The van der Waals surface area contributed by atoms with Gasteiger partial charge in [-0.15, -0.1) is 0 Å². The minimum absolute atomic E-state index is 0.364. The van der Waals surface area contributed by atoms with E-state index in [0.717, 1.165) is 22.3 Å². The lowest BCUT2D eigenvalue weighted by atomic mass is 9.70. The number of aliphatic hydroxyl groups is 9. The lowest BCUT2D eigenvalue weighted by Crippen LogP contribution is -2.58. The first-order valence-electron chi connectivity index (χ1n) is 16.7. The molecule has 1 spiro atoms. The average molecular weight is 694 g/mol. The Morgan fingerprint density at radius 3 is 1.54 bits per heavy atom. The van der Waals surface area contributed by atoms with Gasteiger partial charge in [-0.25, -0.2) is 0 Å². The highest BCUT2D eigenvalue weighted by atomic mass is 16.5. The molecule has 2 aromatic rings. The Morgan fingerprint density at radius 1 is 0.740 bits per heavy atom. The molecule has 6 rings (SSSR count). The van der Waals surface area contributed by atoms with Crippen molar-refractivity contribution in [2.75, 3.05) is 26.3 Å². The van der Waals surface area contributed by atoms with Crippen LogP contribution in [0.2, 0.25) is 0 Å². The molecule has 3 heterocycles. The Kier molecular flexibility index (Phi) is 10.2. The van der Waals surface area contributed by atoms with Gasteiger partial charge in [0.1, 0.15) is 66.6 Å². The molecule has 3 fully saturated rings. The maximum absolute atomic E-state index is 13.0. The normalized spacial score (nSPS) is 33.1. The van der Waals surface area contributed by atoms with E-state index in [2.05, 4.69) is 23.7 Å². The van der Waals surface area contributed by atoms with Crippen molar-refractivity contribution in [1.82, 2.24) is 4.90 Å². The zero-order valence-corrected chi connectivity index (χ0v) is 27.7. The summed E-state index contributed by atoms with van der Waals surface area (Å²) in [6.07, 6.45) is -12.5. The number of rotatable bonds is 3. The first kappa shape index (κ1) is 36.4. The highest BCUT2D eigenvalue weighted by Crippen LogP contribution is 2.54. The number of hydrogen-bond donors (Lipinski definition) is 9. The Hall–Kier alpha value is -3.41. The minimum Gasteiger partial charge on any atom is -0.394 e. The summed E-state index contributed by atoms with van der Waals surface area (Å²) in [6, 6.07) is 11.4. The van der Waals surface area contributed by atoms with Crippen LogP contribution in [0.4, 0.5) is 0 Å². The van der Waals surface area contributed by atoms with Gasteiger partial charge in [-0.2, -0.15) is 0 Å². The molecule has 13 heteroatoms. The first-order chi connectivity index (χ1) is 23.7. The molecule has 13 nitrogen and oxygen atoms in total. The topological polar surface area (TPSA) is 221 Å². The van der Waals surface area contributed by atoms with Crippen molar-refractivity contribution in [2.45, 2.75) is 98.7 Å². The van der Waals surface area contributed by atoms with Crippen LogP contribution in [-0.2, 0) is 19.7 Å². The van der Waals surface area contributed by atoms with E-state index in [1.807, 2.05) is 36.4 Å². The molecule has 0 bridgehead atoms. The number of aliphatic hydroxyl groups excluding tert-OH is 8. The van der Waals surface area contributed by atoms with Gasteiger partial charge in [0, 0.05) is 29.6 Å². The number of carbonyl (C=O) groups is 1. The number of fused-ring (bicyclic) bond motifs is 5. The molecule has 0 radical (unpaired) electrons. The highest BCUT2D eigenvalue weighted by molar-refractivity contribution is 5.85. The third-order valence-electron chi connectivity index (χ3n) is 10.3. The zero-order valence-electron chi connectivity index (χ0n) is 27.7. The van der Waals surface area contributed by atoms with E-state index in [-0.39, 0.29) is 5.91 Å². The number of likely N-dealkylation sites (tertiary alicyclic amines) is 1. The van der Waals surface area contributed by atoms with Crippen LogP contribution in [0, 0.1) is 23.7 Å². The molecule has 0 saturated carbocycles. The van der Waals surface area contributed by atoms with E-state index in [1.54, 1.807) is 4.90 Å². The Morgan fingerprint density at radius 2 is 1.16 bits per heavy atom. The summed E-state index contributed by atoms with van der Waals surface area (Å²) in [4.78, 5) is 14.6. The number of amides is 1. The van der Waals surface area contributed by atoms with Crippen LogP contribution in [0.25, 0.3) is 11.1 Å². The number of ether oxygens (including phenoxy) is 2. The summed E-state index contributed by atoms with van der Waals surface area (Å²) in [6.45, 7) is 2.52. The highest BCUT2D eigenvalue weighted by Gasteiger charge is 2.48. The molecule has 50 heavy (non-hydrogen) atoms. The summed E-state index contributed by atoms with van der Waals surface area (Å²) in [7, 11) is 0. The second-order valence-electron chi connectivity index (χ2n) is 14.0. The summed E-state index contributed by atoms with van der Waals surface area (Å²) in [5.74, 6) is 11.3. The third-order valence-corrected chi connectivity index (χ3v) is 10.3. The van der Waals surface area contributed by atoms with Crippen molar-refractivity contribution >= 4 is 5.91 Å². The van der Waals surface area contributed by atoms with Gasteiger partial charge in [-0.05, 0) is 73.2 Å². The molecular formula is C37H43NO12. The lowest BCUT2D eigenvalue weighted by molar-refractivity contribution is -0.214. The second-order valence-corrected chi connectivity index (χ2v) is 14.0. The van der Waals surface area contributed by atoms with Gasteiger partial charge in [-0.1, -0.05) is 35.8 Å². The molecule has 2 aromatic carbocycles. The van der Waals surface area contributed by atoms with Gasteiger partial charge in [0.15, 0.2) is 0 Å². The maximum Gasteiger partial charge on any atom is 0.253 e. The predicted octanol–water partition coefficient (Wildman–Crippen LogP) is -2.27. The van der Waals surface area contributed by atoms with Crippen LogP contribution in [-0.4, -0.2) is 150 Å². The average Bonchev–Trinajstić information content (AvgIpc) is 3.36. The zero-order chi connectivity index (χ0) is 36.1. The molecule has 1 amide bonds. The molecule has 4 aliphatic rings. The number of carbonyl (C=O) groups excluding carboxylic acids is 1. The van der Waals surface area contributed by atoms with Gasteiger partial charge in [0.05, 0.1) is 13.2 Å². The van der Waals surface area contributed by atoms with Gasteiger partial charge < -0.3 is 60.3 Å². The smallest absolute Gasteiger partial charge is 0.253 e. The van der Waals surface area contributed by atoms with Gasteiger partial charge in [0.25, 0.3) is 5.91 Å². The maximum atomic E-state index is 13.0. The van der Waals surface area contributed by atoms with Crippen LogP contribution in [0.3, 0.4) is 0 Å². The molecule has 268 valence electrons. The van der Waals surface area contributed by atoms with Crippen molar-refractivity contribution in [2.24, 2.45) is 0 Å². The van der Waals surface area contributed by atoms with Crippen molar-refractivity contribution in [1.29, 1.82) is 0 Å². The second kappa shape index (κ2) is 14.0. The molecule has 3 saturated heterocycles. The SMILES string of the molecule is CC(C)(O)C(=O)N1CCC2(CC1)c1cc(C#C[C@H]3O[C@H](CO)[C@@H](O)[C@H](O)[C@H]3O)ccc1-c1ccc(C#C[C@H]3O[C@H](CO)[C@@H](O)[C@H](O)[C@H]3O)cc12. The van der Waals surface area contributed by atoms with E-state index >= 15 is 0 Å². The van der Waals surface area contributed by atoms with E-state index < -0.39 is 85.3 Å². The molecule has 1 aliphatic carbocycles. The number of piperidine rings is 1. The van der Waals surface area contributed by atoms with E-state index in [1.165, 1.54) is 13.8 Å². The summed E-state index contributed by atoms with van der Waals surface area (Å²) < 4.78 is 11.1. The molecule has 9 N–H and O–H groups in total. The molecular weight excluding hydrogens is 650 g/mol. The van der Waals surface area contributed by atoms with E-state index in [0.29, 0.717) is 37.1 Å². The monoisotopic (exact) mass is 693 g/mol. The van der Waals surface area contributed by atoms with Crippen molar-refractivity contribution in [3.05, 3.63) is 58.7 Å². The van der Waals surface area contributed by atoms with E-state index in [9.17, 15) is 50.8 Å². The molecule has 3 aliphatic heterocycles. The van der Waals surface area contributed by atoms with Crippen LogP contribution in [0.15, 0.2) is 36.4 Å². The van der Waals surface area contributed by atoms with Gasteiger partial charge in [-0.3, -0.25) is 4.79 Å².